The Hall–Kier alpha value is -1.25. The Morgan fingerprint density at radius 1 is 1.20 bits per heavy atom. The van der Waals surface area contributed by atoms with Gasteiger partial charge in [0.05, 0.1) is 5.69 Å². The average Bonchev–Trinajstić information content (AvgIpc) is 2.22. The SMILES string of the molecule is CCCN(CCC)c1ccc(F)c(N)c1. The van der Waals surface area contributed by atoms with Gasteiger partial charge in [0.2, 0.25) is 0 Å². The van der Waals surface area contributed by atoms with Crippen LogP contribution in [0, 0.1) is 5.82 Å². The van der Waals surface area contributed by atoms with Gasteiger partial charge < -0.3 is 10.6 Å². The maximum atomic E-state index is 13.0. The Morgan fingerprint density at radius 2 is 1.80 bits per heavy atom. The van der Waals surface area contributed by atoms with E-state index < -0.39 is 0 Å². The molecule has 0 heterocycles. The summed E-state index contributed by atoms with van der Waals surface area (Å²) in [5.41, 5.74) is 6.79. The summed E-state index contributed by atoms with van der Waals surface area (Å²) < 4.78 is 13.0. The highest BCUT2D eigenvalue weighted by Crippen LogP contribution is 2.20. The second-order valence-corrected chi connectivity index (χ2v) is 3.69. The highest BCUT2D eigenvalue weighted by Gasteiger charge is 2.06. The van der Waals surface area contributed by atoms with Crippen molar-refractivity contribution >= 4 is 11.4 Å². The van der Waals surface area contributed by atoms with Crippen LogP contribution in [0.3, 0.4) is 0 Å². The fourth-order valence-electron chi connectivity index (χ4n) is 1.64. The number of rotatable bonds is 5. The van der Waals surface area contributed by atoms with Crippen molar-refractivity contribution < 1.29 is 4.39 Å². The van der Waals surface area contributed by atoms with Gasteiger partial charge in [-0.3, -0.25) is 0 Å². The third-order valence-electron chi connectivity index (χ3n) is 2.33. The lowest BCUT2D eigenvalue weighted by Gasteiger charge is -2.24. The quantitative estimate of drug-likeness (QED) is 0.757. The van der Waals surface area contributed by atoms with Crippen LogP contribution in [0.5, 0.6) is 0 Å². The van der Waals surface area contributed by atoms with E-state index >= 15 is 0 Å². The monoisotopic (exact) mass is 210 g/mol. The van der Waals surface area contributed by atoms with E-state index in [2.05, 4.69) is 18.7 Å². The maximum Gasteiger partial charge on any atom is 0.146 e. The van der Waals surface area contributed by atoms with E-state index in [1.165, 1.54) is 6.07 Å². The number of hydrogen-bond donors (Lipinski definition) is 1. The molecule has 0 aromatic heterocycles. The summed E-state index contributed by atoms with van der Waals surface area (Å²) in [5, 5.41) is 0. The molecular formula is C12H19FN2. The minimum atomic E-state index is -0.341. The fraction of sp³-hybridized carbons (Fsp3) is 0.500. The van der Waals surface area contributed by atoms with Crippen LogP contribution in [-0.4, -0.2) is 13.1 Å². The lowest BCUT2D eigenvalue weighted by Crippen LogP contribution is -2.24. The molecule has 0 fully saturated rings. The number of nitrogen functional groups attached to an aromatic ring is 1. The number of nitrogens with zero attached hydrogens (tertiary/aromatic N) is 1. The smallest absolute Gasteiger partial charge is 0.146 e. The zero-order chi connectivity index (χ0) is 11.3. The van der Waals surface area contributed by atoms with Gasteiger partial charge in [0.1, 0.15) is 5.82 Å². The molecule has 0 radical (unpaired) electrons. The van der Waals surface area contributed by atoms with E-state index in [9.17, 15) is 4.39 Å². The van der Waals surface area contributed by atoms with Crippen LogP contribution >= 0.6 is 0 Å². The van der Waals surface area contributed by atoms with Crippen molar-refractivity contribution in [2.75, 3.05) is 23.7 Å². The van der Waals surface area contributed by atoms with Gasteiger partial charge in [-0.25, -0.2) is 4.39 Å². The van der Waals surface area contributed by atoms with Gasteiger partial charge in [-0.1, -0.05) is 13.8 Å². The van der Waals surface area contributed by atoms with E-state index in [1.54, 1.807) is 12.1 Å². The molecule has 0 atom stereocenters. The number of benzene rings is 1. The maximum absolute atomic E-state index is 13.0. The van der Waals surface area contributed by atoms with Crippen molar-refractivity contribution in [3.63, 3.8) is 0 Å². The molecular weight excluding hydrogens is 191 g/mol. The first kappa shape index (κ1) is 11.8. The van der Waals surface area contributed by atoms with E-state index in [-0.39, 0.29) is 11.5 Å². The normalized spacial score (nSPS) is 10.3. The molecule has 1 aromatic carbocycles. The molecule has 0 spiro atoms. The van der Waals surface area contributed by atoms with Gasteiger partial charge in [-0.2, -0.15) is 0 Å². The minimum Gasteiger partial charge on any atom is -0.396 e. The van der Waals surface area contributed by atoms with Crippen LogP contribution in [0.2, 0.25) is 0 Å². The molecule has 0 bridgehead atoms. The first-order valence-corrected chi connectivity index (χ1v) is 5.49. The summed E-state index contributed by atoms with van der Waals surface area (Å²) >= 11 is 0. The van der Waals surface area contributed by atoms with Crippen molar-refractivity contribution in [2.24, 2.45) is 0 Å². The largest absolute Gasteiger partial charge is 0.396 e. The third kappa shape index (κ3) is 3.11. The Balaban J connectivity index is 2.85. The fourth-order valence-corrected chi connectivity index (χ4v) is 1.64. The predicted molar refractivity (Wildman–Crippen MR) is 63.6 cm³/mol. The molecule has 0 aliphatic carbocycles. The third-order valence-corrected chi connectivity index (χ3v) is 2.33. The van der Waals surface area contributed by atoms with E-state index in [0.717, 1.165) is 31.6 Å². The summed E-state index contributed by atoms with van der Waals surface area (Å²) in [6, 6.07) is 4.93. The molecule has 84 valence electrons. The van der Waals surface area contributed by atoms with Crippen LogP contribution < -0.4 is 10.6 Å². The Kier molecular flexibility index (Phi) is 4.40. The topological polar surface area (TPSA) is 29.3 Å². The highest BCUT2D eigenvalue weighted by atomic mass is 19.1. The van der Waals surface area contributed by atoms with Crippen molar-refractivity contribution in [1.29, 1.82) is 0 Å². The van der Waals surface area contributed by atoms with Crippen LogP contribution in [0.1, 0.15) is 26.7 Å². The van der Waals surface area contributed by atoms with Crippen molar-refractivity contribution in [3.05, 3.63) is 24.0 Å². The number of anilines is 2. The van der Waals surface area contributed by atoms with Crippen LogP contribution in [0.25, 0.3) is 0 Å². The molecule has 2 N–H and O–H groups in total. The Labute approximate surface area is 90.9 Å². The van der Waals surface area contributed by atoms with Crippen molar-refractivity contribution in [1.82, 2.24) is 0 Å². The second-order valence-electron chi connectivity index (χ2n) is 3.69. The lowest BCUT2D eigenvalue weighted by molar-refractivity contribution is 0.632. The number of hydrogen-bond acceptors (Lipinski definition) is 2. The first-order chi connectivity index (χ1) is 7.19. The standard InChI is InChI=1S/C12H19FN2/c1-3-7-15(8-4-2)10-5-6-11(13)12(14)9-10/h5-6,9H,3-4,7-8,14H2,1-2H3. The van der Waals surface area contributed by atoms with Gasteiger partial charge in [-0.05, 0) is 31.0 Å². The van der Waals surface area contributed by atoms with Gasteiger partial charge in [0, 0.05) is 18.8 Å². The molecule has 3 heteroatoms. The summed E-state index contributed by atoms with van der Waals surface area (Å²) in [6.07, 6.45) is 2.16. The molecule has 0 saturated carbocycles. The van der Waals surface area contributed by atoms with Gasteiger partial charge in [-0.15, -0.1) is 0 Å². The van der Waals surface area contributed by atoms with Crippen molar-refractivity contribution in [3.8, 4) is 0 Å². The van der Waals surface area contributed by atoms with E-state index in [1.807, 2.05) is 0 Å². The molecule has 0 saturated heterocycles. The van der Waals surface area contributed by atoms with E-state index in [0.29, 0.717) is 0 Å². The Bertz CT molecular complexity index is 306. The van der Waals surface area contributed by atoms with Crippen LogP contribution in [0.4, 0.5) is 15.8 Å². The Morgan fingerprint density at radius 3 is 2.27 bits per heavy atom. The zero-order valence-corrected chi connectivity index (χ0v) is 9.46. The molecule has 1 aromatic rings. The molecule has 0 unspecified atom stereocenters. The highest BCUT2D eigenvalue weighted by molar-refractivity contribution is 5.56. The predicted octanol–water partition coefficient (Wildman–Crippen LogP) is 3.03. The molecule has 0 amide bonds. The summed E-state index contributed by atoms with van der Waals surface area (Å²) in [7, 11) is 0. The molecule has 15 heavy (non-hydrogen) atoms. The summed E-state index contributed by atoms with van der Waals surface area (Å²) in [5.74, 6) is -0.341. The summed E-state index contributed by atoms with van der Waals surface area (Å²) in [4.78, 5) is 2.23. The second kappa shape index (κ2) is 5.59. The lowest BCUT2D eigenvalue weighted by atomic mass is 10.2. The van der Waals surface area contributed by atoms with Crippen LogP contribution in [-0.2, 0) is 0 Å². The first-order valence-electron chi connectivity index (χ1n) is 5.49. The average molecular weight is 210 g/mol. The van der Waals surface area contributed by atoms with Crippen molar-refractivity contribution in [2.45, 2.75) is 26.7 Å². The molecule has 0 aliphatic rings. The number of nitrogens with two attached hydrogens (primary N) is 1. The zero-order valence-electron chi connectivity index (χ0n) is 9.46. The summed E-state index contributed by atoms with van der Waals surface area (Å²) in [6.45, 7) is 6.24. The molecule has 0 aliphatic heterocycles. The minimum absolute atomic E-state index is 0.227. The van der Waals surface area contributed by atoms with Gasteiger partial charge in [0.25, 0.3) is 0 Å². The van der Waals surface area contributed by atoms with Crippen LogP contribution in [0.15, 0.2) is 18.2 Å². The molecule has 2 nitrogen and oxygen atoms in total. The van der Waals surface area contributed by atoms with Gasteiger partial charge >= 0.3 is 0 Å². The van der Waals surface area contributed by atoms with E-state index in [4.69, 9.17) is 5.73 Å². The number of halogens is 1. The van der Waals surface area contributed by atoms with Gasteiger partial charge in [0.15, 0.2) is 0 Å². The molecule has 1 rings (SSSR count).